The molecule has 3 rings (SSSR count). The van der Waals surface area contributed by atoms with Crippen molar-refractivity contribution in [2.24, 2.45) is 0 Å². The van der Waals surface area contributed by atoms with Crippen LogP contribution in [0.15, 0.2) is 30.3 Å². The second kappa shape index (κ2) is 4.35. The molecule has 2 N–H and O–H groups in total. The number of hydrogen-bond donors (Lipinski definition) is 2. The van der Waals surface area contributed by atoms with E-state index in [1.807, 2.05) is 25.1 Å². The van der Waals surface area contributed by atoms with Crippen molar-refractivity contribution < 1.29 is 9.59 Å². The van der Waals surface area contributed by atoms with Gasteiger partial charge in [0.15, 0.2) is 11.6 Å². The van der Waals surface area contributed by atoms with Gasteiger partial charge in [-0.25, -0.2) is 0 Å². The number of aromatic nitrogens is 2. The predicted molar refractivity (Wildman–Crippen MR) is 70.1 cm³/mol. The minimum absolute atomic E-state index is 0.0222. The van der Waals surface area contributed by atoms with Gasteiger partial charge in [-0.1, -0.05) is 24.3 Å². The fourth-order valence-electron chi connectivity index (χ4n) is 2.39. The molecule has 0 spiro atoms. The number of aryl methyl sites for hydroxylation is 1. The lowest BCUT2D eigenvalue weighted by atomic mass is 10.0. The van der Waals surface area contributed by atoms with Gasteiger partial charge < -0.3 is 5.32 Å². The van der Waals surface area contributed by atoms with Gasteiger partial charge in [0.2, 0.25) is 5.91 Å². The number of benzene rings is 1. The van der Waals surface area contributed by atoms with Crippen molar-refractivity contribution in [1.29, 1.82) is 0 Å². The normalized spacial score (nSPS) is 17.3. The van der Waals surface area contributed by atoms with Gasteiger partial charge in [-0.3, -0.25) is 14.7 Å². The van der Waals surface area contributed by atoms with Crippen LogP contribution in [0.5, 0.6) is 0 Å². The summed E-state index contributed by atoms with van der Waals surface area (Å²) in [7, 11) is 0. The summed E-state index contributed by atoms with van der Waals surface area (Å²) >= 11 is 0. The molecule has 1 aromatic heterocycles. The number of nitrogens with one attached hydrogen (secondary N) is 2. The van der Waals surface area contributed by atoms with Crippen molar-refractivity contribution in [2.45, 2.75) is 19.3 Å². The fourth-order valence-corrected chi connectivity index (χ4v) is 2.39. The van der Waals surface area contributed by atoms with Crippen LogP contribution in [0.1, 0.15) is 34.0 Å². The highest BCUT2D eigenvalue weighted by molar-refractivity contribution is 6.09. The number of aromatic amines is 1. The van der Waals surface area contributed by atoms with Crippen molar-refractivity contribution >= 4 is 17.5 Å². The zero-order valence-corrected chi connectivity index (χ0v) is 10.4. The lowest BCUT2D eigenvalue weighted by molar-refractivity contribution is -0.117. The molecule has 1 aliphatic carbocycles. The molecule has 0 radical (unpaired) electrons. The number of rotatable bonds is 2. The highest BCUT2D eigenvalue weighted by Gasteiger charge is 2.34. The maximum atomic E-state index is 12.2. The monoisotopic (exact) mass is 255 g/mol. The topological polar surface area (TPSA) is 74.8 Å². The molecular weight excluding hydrogens is 242 g/mol. The van der Waals surface area contributed by atoms with E-state index in [1.54, 1.807) is 12.1 Å². The predicted octanol–water partition coefficient (Wildman–Crippen LogP) is 2.03. The molecule has 1 heterocycles. The average molecular weight is 255 g/mol. The second-order valence-corrected chi connectivity index (χ2v) is 4.69. The van der Waals surface area contributed by atoms with Crippen LogP contribution in [0.2, 0.25) is 0 Å². The van der Waals surface area contributed by atoms with Gasteiger partial charge in [-0.2, -0.15) is 5.10 Å². The molecule has 0 saturated heterocycles. The Morgan fingerprint density at radius 1 is 1.42 bits per heavy atom. The van der Waals surface area contributed by atoms with E-state index < -0.39 is 5.92 Å². The Morgan fingerprint density at radius 2 is 2.21 bits per heavy atom. The number of carbonyl (C=O) groups is 2. The van der Waals surface area contributed by atoms with E-state index in [2.05, 4.69) is 15.5 Å². The number of ketones is 1. The third kappa shape index (κ3) is 2.03. The molecule has 0 aliphatic heterocycles. The quantitative estimate of drug-likeness (QED) is 0.862. The lowest BCUT2D eigenvalue weighted by Crippen LogP contribution is -2.19. The standard InChI is InChI=1S/C14H13N3O2/c1-8-6-13(17-16-8)15-14(19)11-7-12(18)10-5-3-2-4-9(10)11/h2-6,11H,7H2,1H3,(H2,15,16,17,19). The average Bonchev–Trinajstić information content (AvgIpc) is 2.95. The molecule has 1 aromatic carbocycles. The summed E-state index contributed by atoms with van der Waals surface area (Å²) in [6.07, 6.45) is 0.231. The summed E-state index contributed by atoms with van der Waals surface area (Å²) in [5, 5.41) is 9.45. The molecule has 0 saturated carbocycles. The molecule has 2 aromatic rings. The minimum Gasteiger partial charge on any atom is -0.309 e. The number of carbonyl (C=O) groups excluding carboxylic acids is 2. The smallest absolute Gasteiger partial charge is 0.233 e. The van der Waals surface area contributed by atoms with E-state index in [9.17, 15) is 9.59 Å². The van der Waals surface area contributed by atoms with Gasteiger partial charge in [0.05, 0.1) is 5.92 Å². The maximum Gasteiger partial charge on any atom is 0.233 e. The van der Waals surface area contributed by atoms with Crippen LogP contribution in [-0.2, 0) is 4.79 Å². The van der Waals surface area contributed by atoms with Gasteiger partial charge in [0.25, 0.3) is 0 Å². The van der Waals surface area contributed by atoms with Crippen LogP contribution in [-0.4, -0.2) is 21.9 Å². The summed E-state index contributed by atoms with van der Waals surface area (Å²) in [6, 6.07) is 9.01. The van der Waals surface area contributed by atoms with Gasteiger partial charge in [-0.05, 0) is 12.5 Å². The van der Waals surface area contributed by atoms with Crippen LogP contribution in [0.4, 0.5) is 5.82 Å². The van der Waals surface area contributed by atoms with E-state index in [4.69, 9.17) is 0 Å². The lowest BCUT2D eigenvalue weighted by Gasteiger charge is -2.09. The SMILES string of the molecule is Cc1cc(NC(=O)C2CC(=O)c3ccccc32)n[nH]1. The molecule has 1 unspecified atom stereocenters. The van der Waals surface area contributed by atoms with E-state index >= 15 is 0 Å². The van der Waals surface area contributed by atoms with Crippen molar-refractivity contribution in [2.75, 3.05) is 5.32 Å². The summed E-state index contributed by atoms with van der Waals surface area (Å²) in [4.78, 5) is 24.1. The second-order valence-electron chi connectivity index (χ2n) is 4.69. The van der Waals surface area contributed by atoms with Crippen molar-refractivity contribution in [3.63, 3.8) is 0 Å². The third-order valence-electron chi connectivity index (χ3n) is 3.30. The first-order valence-electron chi connectivity index (χ1n) is 6.10. The molecule has 19 heavy (non-hydrogen) atoms. The molecule has 96 valence electrons. The Kier molecular flexibility index (Phi) is 2.67. The van der Waals surface area contributed by atoms with Gasteiger partial charge in [0, 0.05) is 23.7 Å². The van der Waals surface area contributed by atoms with Crippen LogP contribution in [0, 0.1) is 6.92 Å². The van der Waals surface area contributed by atoms with Crippen LogP contribution >= 0.6 is 0 Å². The fraction of sp³-hybridized carbons (Fsp3) is 0.214. The first-order chi connectivity index (χ1) is 9.15. The molecule has 5 nitrogen and oxygen atoms in total. The third-order valence-corrected chi connectivity index (χ3v) is 3.30. The van der Waals surface area contributed by atoms with Crippen molar-refractivity contribution in [3.8, 4) is 0 Å². The summed E-state index contributed by atoms with van der Waals surface area (Å²) in [5.74, 6) is -0.0983. The molecular formula is C14H13N3O2. The van der Waals surface area contributed by atoms with Gasteiger partial charge in [0.1, 0.15) is 0 Å². The Labute approximate surface area is 110 Å². The number of Topliss-reactive ketones (excluding diaryl/α,β-unsaturated/α-hetero) is 1. The van der Waals surface area contributed by atoms with Gasteiger partial charge in [-0.15, -0.1) is 0 Å². The van der Waals surface area contributed by atoms with Gasteiger partial charge >= 0.3 is 0 Å². The first kappa shape index (κ1) is 11.6. The van der Waals surface area contributed by atoms with E-state index in [0.29, 0.717) is 11.4 Å². The Morgan fingerprint density at radius 3 is 2.95 bits per heavy atom. The molecule has 1 amide bonds. The molecule has 1 aliphatic rings. The molecule has 0 bridgehead atoms. The minimum atomic E-state index is -0.416. The highest BCUT2D eigenvalue weighted by atomic mass is 16.2. The zero-order valence-electron chi connectivity index (χ0n) is 10.4. The van der Waals surface area contributed by atoms with Crippen molar-refractivity contribution in [1.82, 2.24) is 10.2 Å². The molecule has 1 atom stereocenters. The number of H-pyrrole nitrogens is 1. The number of fused-ring (bicyclic) bond motifs is 1. The van der Waals surface area contributed by atoms with Crippen LogP contribution in [0.25, 0.3) is 0 Å². The Bertz CT molecular complexity index is 660. The van der Waals surface area contributed by atoms with E-state index in [1.165, 1.54) is 0 Å². The molecule has 5 heteroatoms. The summed E-state index contributed by atoms with van der Waals surface area (Å²) < 4.78 is 0. The summed E-state index contributed by atoms with van der Waals surface area (Å²) in [5.41, 5.74) is 2.33. The Balaban J connectivity index is 1.84. The largest absolute Gasteiger partial charge is 0.309 e. The van der Waals surface area contributed by atoms with Crippen molar-refractivity contribution in [3.05, 3.63) is 47.2 Å². The van der Waals surface area contributed by atoms with Crippen LogP contribution < -0.4 is 5.32 Å². The maximum absolute atomic E-state index is 12.2. The number of hydrogen-bond acceptors (Lipinski definition) is 3. The number of anilines is 1. The number of nitrogens with zero attached hydrogens (tertiary/aromatic N) is 1. The summed E-state index contributed by atoms with van der Waals surface area (Å²) in [6.45, 7) is 1.86. The Hall–Kier alpha value is -2.43. The highest BCUT2D eigenvalue weighted by Crippen LogP contribution is 2.33. The van der Waals surface area contributed by atoms with E-state index in [0.717, 1.165) is 11.3 Å². The van der Waals surface area contributed by atoms with E-state index in [-0.39, 0.29) is 18.1 Å². The number of amides is 1. The molecule has 0 fully saturated rings. The van der Waals surface area contributed by atoms with Crippen LogP contribution in [0.3, 0.4) is 0 Å². The zero-order chi connectivity index (χ0) is 13.4. The first-order valence-corrected chi connectivity index (χ1v) is 6.10.